The molecule has 1 amide bonds. The van der Waals surface area contributed by atoms with Crippen LogP contribution in [-0.4, -0.2) is 62.8 Å². The molecule has 0 aromatic heterocycles. The molecule has 0 aliphatic carbocycles. The zero-order valence-corrected chi connectivity index (χ0v) is 15.7. The molecule has 2 heterocycles. The first-order valence-corrected chi connectivity index (χ1v) is 9.17. The van der Waals surface area contributed by atoms with Gasteiger partial charge >= 0.3 is 11.9 Å². The number of amides is 1. The molecule has 1 aromatic carbocycles. The van der Waals surface area contributed by atoms with Gasteiger partial charge in [-0.25, -0.2) is 4.79 Å². The summed E-state index contributed by atoms with van der Waals surface area (Å²) in [5.41, 5.74) is 0.761. The van der Waals surface area contributed by atoms with E-state index in [1.54, 1.807) is 29.2 Å². The maximum absolute atomic E-state index is 12.2. The first kappa shape index (κ1) is 19.7. The number of likely N-dealkylation sites (tertiary alicyclic amines) is 1. The topological polar surface area (TPSA) is 91.4 Å². The van der Waals surface area contributed by atoms with Crippen LogP contribution >= 0.6 is 0 Å². The second kappa shape index (κ2) is 9.25. The molecule has 2 aliphatic heterocycles. The SMILES string of the molecule is COC(=O)C1CCN(C(=O)COC(=O)/C=C/c2ccc3c(c2)OCCO3)CC1. The minimum Gasteiger partial charge on any atom is -0.486 e. The number of benzene rings is 1. The molecule has 0 spiro atoms. The molecule has 0 atom stereocenters. The van der Waals surface area contributed by atoms with Gasteiger partial charge in [0, 0.05) is 19.2 Å². The number of nitrogens with zero attached hydrogens (tertiary/aromatic N) is 1. The molecule has 8 heteroatoms. The number of carbonyl (C=O) groups is 3. The molecule has 1 saturated heterocycles. The van der Waals surface area contributed by atoms with Crippen molar-refractivity contribution in [3.8, 4) is 11.5 Å². The second-order valence-electron chi connectivity index (χ2n) is 6.52. The van der Waals surface area contributed by atoms with Gasteiger partial charge < -0.3 is 23.8 Å². The minimum atomic E-state index is -0.604. The lowest BCUT2D eigenvalue weighted by molar-refractivity contribution is -0.151. The van der Waals surface area contributed by atoms with Gasteiger partial charge in [0.05, 0.1) is 13.0 Å². The van der Waals surface area contributed by atoms with Crippen molar-refractivity contribution in [2.45, 2.75) is 12.8 Å². The maximum Gasteiger partial charge on any atom is 0.331 e. The van der Waals surface area contributed by atoms with E-state index in [-0.39, 0.29) is 24.4 Å². The lowest BCUT2D eigenvalue weighted by atomic mass is 9.97. The Kier molecular flexibility index (Phi) is 6.52. The summed E-state index contributed by atoms with van der Waals surface area (Å²) >= 11 is 0. The van der Waals surface area contributed by atoms with Crippen molar-refractivity contribution in [3.63, 3.8) is 0 Å². The van der Waals surface area contributed by atoms with Crippen LogP contribution in [0.1, 0.15) is 18.4 Å². The molecule has 0 bridgehead atoms. The molecule has 1 aromatic rings. The summed E-state index contributed by atoms with van der Waals surface area (Å²) in [5.74, 6) is 0.00487. The number of fused-ring (bicyclic) bond motifs is 1. The van der Waals surface area contributed by atoms with Crippen LogP contribution in [0.2, 0.25) is 0 Å². The van der Waals surface area contributed by atoms with Crippen LogP contribution in [0.5, 0.6) is 11.5 Å². The van der Waals surface area contributed by atoms with E-state index >= 15 is 0 Å². The summed E-state index contributed by atoms with van der Waals surface area (Å²) in [7, 11) is 1.36. The standard InChI is InChI=1S/C20H23NO7/c1-25-20(24)15-6-8-21(9-7-15)18(22)13-28-19(23)5-3-14-2-4-16-17(12-14)27-11-10-26-16/h2-5,12,15H,6-11,13H2,1H3/b5-3+. The van der Waals surface area contributed by atoms with Crippen LogP contribution in [0.4, 0.5) is 0 Å². The number of ether oxygens (including phenoxy) is 4. The van der Waals surface area contributed by atoms with Gasteiger partial charge in [-0.05, 0) is 36.6 Å². The molecule has 0 N–H and O–H groups in total. The summed E-state index contributed by atoms with van der Waals surface area (Å²) in [5, 5.41) is 0. The van der Waals surface area contributed by atoms with Crippen LogP contribution in [0.15, 0.2) is 24.3 Å². The van der Waals surface area contributed by atoms with Crippen molar-refractivity contribution in [1.82, 2.24) is 4.90 Å². The maximum atomic E-state index is 12.2. The summed E-state index contributed by atoms with van der Waals surface area (Å²) in [4.78, 5) is 37.1. The fourth-order valence-corrected chi connectivity index (χ4v) is 3.13. The van der Waals surface area contributed by atoms with E-state index in [0.29, 0.717) is 50.6 Å². The van der Waals surface area contributed by atoms with E-state index < -0.39 is 5.97 Å². The normalized spacial score (nSPS) is 16.7. The largest absolute Gasteiger partial charge is 0.486 e. The fourth-order valence-electron chi connectivity index (χ4n) is 3.13. The highest BCUT2D eigenvalue weighted by Gasteiger charge is 2.28. The molecule has 3 rings (SSSR count). The number of piperidine rings is 1. The number of esters is 2. The van der Waals surface area contributed by atoms with Crippen LogP contribution in [0.3, 0.4) is 0 Å². The minimum absolute atomic E-state index is 0.175. The molecule has 1 fully saturated rings. The molecular weight excluding hydrogens is 366 g/mol. The van der Waals surface area contributed by atoms with Crippen LogP contribution in [-0.2, 0) is 23.9 Å². The summed E-state index contributed by atoms with van der Waals surface area (Å²) < 4.78 is 20.7. The van der Waals surface area contributed by atoms with Crippen molar-refractivity contribution >= 4 is 23.9 Å². The van der Waals surface area contributed by atoms with Crippen LogP contribution in [0, 0.1) is 5.92 Å². The Morgan fingerprint density at radius 2 is 1.86 bits per heavy atom. The Hall–Kier alpha value is -3.03. The predicted octanol–water partition coefficient (Wildman–Crippen LogP) is 1.43. The van der Waals surface area contributed by atoms with E-state index in [2.05, 4.69) is 0 Å². The number of rotatable bonds is 5. The van der Waals surface area contributed by atoms with E-state index in [9.17, 15) is 14.4 Å². The Morgan fingerprint density at radius 1 is 1.14 bits per heavy atom. The van der Waals surface area contributed by atoms with Crippen molar-refractivity contribution in [3.05, 3.63) is 29.8 Å². The molecular formula is C20H23NO7. The van der Waals surface area contributed by atoms with E-state index in [1.165, 1.54) is 13.2 Å². The highest BCUT2D eigenvalue weighted by atomic mass is 16.6. The van der Waals surface area contributed by atoms with Gasteiger partial charge in [-0.2, -0.15) is 0 Å². The van der Waals surface area contributed by atoms with Crippen LogP contribution in [0.25, 0.3) is 6.08 Å². The van der Waals surface area contributed by atoms with E-state index in [1.807, 2.05) is 0 Å². The molecule has 8 nitrogen and oxygen atoms in total. The zero-order chi connectivity index (χ0) is 19.9. The molecule has 0 unspecified atom stereocenters. The molecule has 0 saturated carbocycles. The highest BCUT2D eigenvalue weighted by Crippen LogP contribution is 2.31. The molecule has 2 aliphatic rings. The Balaban J connectivity index is 1.43. The van der Waals surface area contributed by atoms with E-state index in [4.69, 9.17) is 18.9 Å². The van der Waals surface area contributed by atoms with Crippen molar-refractivity contribution in [2.75, 3.05) is 40.0 Å². The van der Waals surface area contributed by atoms with Gasteiger partial charge in [0.15, 0.2) is 18.1 Å². The van der Waals surface area contributed by atoms with Crippen LogP contribution < -0.4 is 9.47 Å². The average Bonchev–Trinajstić information content (AvgIpc) is 2.75. The van der Waals surface area contributed by atoms with Gasteiger partial charge in [0.2, 0.25) is 0 Å². The zero-order valence-electron chi connectivity index (χ0n) is 15.7. The Labute approximate surface area is 163 Å². The fraction of sp³-hybridized carbons (Fsp3) is 0.450. The smallest absolute Gasteiger partial charge is 0.331 e. The first-order valence-electron chi connectivity index (χ1n) is 9.17. The summed E-state index contributed by atoms with van der Waals surface area (Å²) in [6.07, 6.45) is 3.96. The van der Waals surface area contributed by atoms with Gasteiger partial charge in [0.1, 0.15) is 13.2 Å². The quantitative estimate of drug-likeness (QED) is 0.556. The average molecular weight is 389 g/mol. The van der Waals surface area contributed by atoms with Gasteiger partial charge in [-0.3, -0.25) is 9.59 Å². The third-order valence-electron chi connectivity index (χ3n) is 4.70. The summed E-state index contributed by atoms with van der Waals surface area (Å²) in [6, 6.07) is 5.35. The number of hydrogen-bond donors (Lipinski definition) is 0. The lowest BCUT2D eigenvalue weighted by Crippen LogP contribution is -2.42. The monoisotopic (exact) mass is 389 g/mol. The summed E-state index contributed by atoms with van der Waals surface area (Å²) in [6.45, 7) is 1.57. The van der Waals surface area contributed by atoms with Crippen molar-refractivity contribution in [2.24, 2.45) is 5.92 Å². The third-order valence-corrected chi connectivity index (χ3v) is 4.70. The van der Waals surface area contributed by atoms with Crippen molar-refractivity contribution in [1.29, 1.82) is 0 Å². The second-order valence-corrected chi connectivity index (χ2v) is 6.52. The Morgan fingerprint density at radius 3 is 2.57 bits per heavy atom. The van der Waals surface area contributed by atoms with E-state index in [0.717, 1.165) is 5.56 Å². The third kappa shape index (κ3) is 5.03. The predicted molar refractivity (Wildman–Crippen MR) is 98.7 cm³/mol. The molecule has 0 radical (unpaired) electrons. The first-order chi connectivity index (χ1) is 13.6. The number of methoxy groups -OCH3 is 1. The highest BCUT2D eigenvalue weighted by molar-refractivity contribution is 5.89. The van der Waals surface area contributed by atoms with Crippen molar-refractivity contribution < 1.29 is 33.3 Å². The van der Waals surface area contributed by atoms with Gasteiger partial charge in [0.25, 0.3) is 5.91 Å². The molecule has 150 valence electrons. The number of hydrogen-bond acceptors (Lipinski definition) is 7. The number of carbonyl (C=O) groups excluding carboxylic acids is 3. The van der Waals surface area contributed by atoms with Gasteiger partial charge in [-0.15, -0.1) is 0 Å². The Bertz CT molecular complexity index is 766. The lowest BCUT2D eigenvalue weighted by Gasteiger charge is -2.30. The molecule has 28 heavy (non-hydrogen) atoms. The van der Waals surface area contributed by atoms with Gasteiger partial charge in [-0.1, -0.05) is 6.07 Å².